The summed E-state index contributed by atoms with van der Waals surface area (Å²) in [5, 5.41) is 3.41. The average Bonchev–Trinajstić information content (AvgIpc) is 2.30. The lowest BCUT2D eigenvalue weighted by atomic mass is 9.98. The molecular formula is C12H16ClF2NO. The van der Waals surface area contributed by atoms with Crippen LogP contribution in [0.1, 0.15) is 30.9 Å². The average molecular weight is 264 g/mol. The van der Waals surface area contributed by atoms with Crippen LogP contribution in [0, 0.1) is 0 Å². The van der Waals surface area contributed by atoms with E-state index < -0.39 is 6.61 Å². The zero-order valence-electron chi connectivity index (χ0n) is 9.36. The lowest BCUT2D eigenvalue weighted by Crippen LogP contribution is -2.26. The van der Waals surface area contributed by atoms with E-state index in [1.165, 1.54) is 12.8 Å². The van der Waals surface area contributed by atoms with Crippen molar-refractivity contribution in [3.8, 4) is 5.75 Å². The molecule has 0 amide bonds. The van der Waals surface area contributed by atoms with Gasteiger partial charge in [-0.3, -0.25) is 0 Å². The van der Waals surface area contributed by atoms with Gasteiger partial charge in [0.1, 0.15) is 5.75 Å². The van der Waals surface area contributed by atoms with E-state index in [1.54, 1.807) is 12.1 Å². The lowest BCUT2D eigenvalue weighted by Gasteiger charge is -2.23. The number of nitrogens with one attached hydrogen (secondary N) is 1. The first-order valence-corrected chi connectivity index (χ1v) is 5.54. The molecule has 1 saturated heterocycles. The van der Waals surface area contributed by atoms with Gasteiger partial charge in [0.2, 0.25) is 0 Å². The van der Waals surface area contributed by atoms with Gasteiger partial charge in [0.05, 0.1) is 0 Å². The van der Waals surface area contributed by atoms with Crippen LogP contribution in [0.4, 0.5) is 8.78 Å². The van der Waals surface area contributed by atoms with Gasteiger partial charge in [-0.2, -0.15) is 8.78 Å². The first-order valence-electron chi connectivity index (χ1n) is 5.54. The Kier molecular flexibility index (Phi) is 5.65. The zero-order valence-corrected chi connectivity index (χ0v) is 10.2. The van der Waals surface area contributed by atoms with Gasteiger partial charge in [0.25, 0.3) is 0 Å². The molecule has 0 aromatic heterocycles. The van der Waals surface area contributed by atoms with Gasteiger partial charge in [-0.25, -0.2) is 0 Å². The minimum Gasteiger partial charge on any atom is -0.435 e. The summed E-state index contributed by atoms with van der Waals surface area (Å²) in [7, 11) is 0. The van der Waals surface area contributed by atoms with Crippen molar-refractivity contribution >= 4 is 12.4 Å². The van der Waals surface area contributed by atoms with Gasteiger partial charge in [-0.1, -0.05) is 18.6 Å². The van der Waals surface area contributed by atoms with E-state index in [2.05, 4.69) is 10.1 Å². The van der Waals surface area contributed by atoms with E-state index >= 15 is 0 Å². The normalized spacial score (nSPS) is 19.8. The van der Waals surface area contributed by atoms with Crippen molar-refractivity contribution in [3.05, 3.63) is 29.8 Å². The molecule has 0 unspecified atom stereocenters. The quantitative estimate of drug-likeness (QED) is 0.901. The smallest absolute Gasteiger partial charge is 0.387 e. The van der Waals surface area contributed by atoms with Gasteiger partial charge < -0.3 is 10.1 Å². The maximum atomic E-state index is 11.9. The highest BCUT2D eigenvalue weighted by Crippen LogP contribution is 2.25. The summed E-state index contributed by atoms with van der Waals surface area (Å²) >= 11 is 0. The molecule has 0 saturated carbocycles. The van der Waals surface area contributed by atoms with Crippen LogP contribution < -0.4 is 10.1 Å². The first kappa shape index (κ1) is 14.2. The molecule has 0 aliphatic carbocycles. The molecule has 5 heteroatoms. The topological polar surface area (TPSA) is 21.3 Å². The van der Waals surface area contributed by atoms with Crippen LogP contribution in [0.25, 0.3) is 0 Å². The standard InChI is InChI=1S/C12H15F2NO.ClH/c13-12(14)16-10-6-4-9(5-7-10)11-3-1-2-8-15-11;/h4-7,11-12,15H,1-3,8H2;1H/t11-;/m1./s1. The monoisotopic (exact) mass is 263 g/mol. The molecule has 1 aromatic rings. The van der Waals surface area contributed by atoms with E-state index in [-0.39, 0.29) is 18.2 Å². The largest absolute Gasteiger partial charge is 0.435 e. The van der Waals surface area contributed by atoms with Gasteiger partial charge in [0, 0.05) is 6.04 Å². The Balaban J connectivity index is 0.00000144. The summed E-state index contributed by atoms with van der Waals surface area (Å²) in [6, 6.07) is 7.24. The van der Waals surface area contributed by atoms with Crippen molar-refractivity contribution in [2.45, 2.75) is 31.9 Å². The maximum absolute atomic E-state index is 11.9. The maximum Gasteiger partial charge on any atom is 0.387 e. The minimum atomic E-state index is -2.75. The number of benzene rings is 1. The van der Waals surface area contributed by atoms with Gasteiger partial charge in [-0.05, 0) is 37.1 Å². The molecule has 1 heterocycles. The third kappa shape index (κ3) is 4.13. The Morgan fingerprint density at radius 1 is 1.18 bits per heavy atom. The van der Waals surface area contributed by atoms with Crippen molar-refractivity contribution < 1.29 is 13.5 Å². The van der Waals surface area contributed by atoms with Crippen molar-refractivity contribution in [1.82, 2.24) is 5.32 Å². The molecule has 1 aromatic carbocycles. The summed E-state index contributed by atoms with van der Waals surface area (Å²) in [5.41, 5.74) is 1.14. The van der Waals surface area contributed by atoms with E-state index in [1.807, 2.05) is 12.1 Å². The van der Waals surface area contributed by atoms with Gasteiger partial charge in [-0.15, -0.1) is 12.4 Å². The van der Waals surface area contributed by atoms with Gasteiger partial charge in [0.15, 0.2) is 0 Å². The van der Waals surface area contributed by atoms with E-state index in [0.29, 0.717) is 6.04 Å². The third-order valence-electron chi connectivity index (χ3n) is 2.82. The molecule has 2 nitrogen and oxygen atoms in total. The van der Waals surface area contributed by atoms with E-state index in [9.17, 15) is 8.78 Å². The summed E-state index contributed by atoms with van der Waals surface area (Å²) in [4.78, 5) is 0. The molecule has 17 heavy (non-hydrogen) atoms. The van der Waals surface area contributed by atoms with Crippen LogP contribution in [-0.4, -0.2) is 13.2 Å². The predicted molar refractivity (Wildman–Crippen MR) is 64.9 cm³/mol. The fourth-order valence-corrected chi connectivity index (χ4v) is 2.02. The van der Waals surface area contributed by atoms with Crippen molar-refractivity contribution in [3.63, 3.8) is 0 Å². The summed E-state index contributed by atoms with van der Waals surface area (Å²) < 4.78 is 28.2. The molecule has 1 N–H and O–H groups in total. The van der Waals surface area contributed by atoms with Crippen LogP contribution in [0.3, 0.4) is 0 Å². The number of halogens is 3. The zero-order chi connectivity index (χ0) is 11.4. The summed E-state index contributed by atoms with van der Waals surface area (Å²) in [6.45, 7) is -1.72. The highest BCUT2D eigenvalue weighted by atomic mass is 35.5. The first-order chi connectivity index (χ1) is 7.75. The van der Waals surface area contributed by atoms with E-state index in [4.69, 9.17) is 0 Å². The number of hydrogen-bond donors (Lipinski definition) is 1. The molecule has 0 radical (unpaired) electrons. The summed E-state index contributed by atoms with van der Waals surface area (Å²) in [5.74, 6) is 0.217. The Morgan fingerprint density at radius 2 is 1.88 bits per heavy atom. The second-order valence-corrected chi connectivity index (χ2v) is 3.95. The molecule has 0 spiro atoms. The molecular weight excluding hydrogens is 248 g/mol. The molecule has 1 aliphatic rings. The van der Waals surface area contributed by atoms with Crippen LogP contribution in [0.15, 0.2) is 24.3 Å². The van der Waals surface area contributed by atoms with Crippen LogP contribution in [0.5, 0.6) is 5.75 Å². The highest BCUT2D eigenvalue weighted by molar-refractivity contribution is 5.85. The summed E-state index contributed by atoms with van der Waals surface area (Å²) in [6.07, 6.45) is 3.53. The fraction of sp³-hybridized carbons (Fsp3) is 0.500. The molecule has 1 aliphatic heterocycles. The SMILES string of the molecule is Cl.FC(F)Oc1ccc([C@H]2CCCCN2)cc1. The Bertz CT molecular complexity index is 326. The van der Waals surface area contributed by atoms with Crippen molar-refractivity contribution in [2.75, 3.05) is 6.54 Å². The second-order valence-electron chi connectivity index (χ2n) is 3.95. The number of rotatable bonds is 3. The minimum absolute atomic E-state index is 0. The van der Waals surface area contributed by atoms with Crippen molar-refractivity contribution in [1.29, 1.82) is 0 Å². The van der Waals surface area contributed by atoms with Gasteiger partial charge >= 0.3 is 6.61 Å². The lowest BCUT2D eigenvalue weighted by molar-refractivity contribution is -0.0498. The highest BCUT2D eigenvalue weighted by Gasteiger charge is 2.14. The number of ether oxygens (including phenoxy) is 1. The van der Waals surface area contributed by atoms with Crippen LogP contribution in [-0.2, 0) is 0 Å². The third-order valence-corrected chi connectivity index (χ3v) is 2.82. The second kappa shape index (κ2) is 6.77. The number of hydrogen-bond acceptors (Lipinski definition) is 2. The number of alkyl halides is 2. The van der Waals surface area contributed by atoms with Crippen molar-refractivity contribution in [2.24, 2.45) is 0 Å². The molecule has 96 valence electrons. The fourth-order valence-electron chi connectivity index (χ4n) is 2.02. The Hall–Kier alpha value is -0.870. The van der Waals surface area contributed by atoms with Crippen LogP contribution in [0.2, 0.25) is 0 Å². The molecule has 1 fully saturated rings. The Labute approximate surface area is 106 Å². The number of piperidine rings is 1. The molecule has 0 bridgehead atoms. The molecule has 1 atom stereocenters. The Morgan fingerprint density at radius 3 is 2.41 bits per heavy atom. The van der Waals surface area contributed by atoms with Crippen LogP contribution >= 0.6 is 12.4 Å². The predicted octanol–water partition coefficient (Wildman–Crippen LogP) is 3.52. The molecule has 2 rings (SSSR count). The van der Waals surface area contributed by atoms with E-state index in [0.717, 1.165) is 18.5 Å².